The molecule has 1 heterocycles. The number of sulfonamides is 1. The molecule has 7 nitrogen and oxygen atoms in total. The van der Waals surface area contributed by atoms with Crippen molar-refractivity contribution >= 4 is 15.9 Å². The molecule has 0 bridgehead atoms. The Morgan fingerprint density at radius 1 is 1.29 bits per heavy atom. The van der Waals surface area contributed by atoms with Crippen molar-refractivity contribution in [2.24, 2.45) is 0 Å². The SMILES string of the molecule is CCCC1CC(C(=O)NCc2ccccc2S(=O)(=O)N(C)C)NN1. The van der Waals surface area contributed by atoms with E-state index in [1.165, 1.54) is 18.4 Å². The first-order valence-electron chi connectivity index (χ1n) is 8.15. The number of hydrogen-bond acceptors (Lipinski definition) is 5. The molecule has 1 aromatic rings. The number of nitrogens with one attached hydrogen (secondary N) is 3. The summed E-state index contributed by atoms with van der Waals surface area (Å²) in [7, 11) is -0.551. The normalized spacial score (nSPS) is 21.2. The Morgan fingerprint density at radius 2 is 2.00 bits per heavy atom. The van der Waals surface area contributed by atoms with E-state index in [1.54, 1.807) is 24.3 Å². The van der Waals surface area contributed by atoms with Gasteiger partial charge in [0.1, 0.15) is 6.04 Å². The van der Waals surface area contributed by atoms with Crippen LogP contribution >= 0.6 is 0 Å². The third-order valence-corrected chi connectivity index (χ3v) is 6.04. The van der Waals surface area contributed by atoms with Crippen LogP contribution in [0.5, 0.6) is 0 Å². The molecule has 1 saturated heterocycles. The van der Waals surface area contributed by atoms with Gasteiger partial charge in [-0.25, -0.2) is 18.1 Å². The minimum Gasteiger partial charge on any atom is -0.351 e. The van der Waals surface area contributed by atoms with Crippen molar-refractivity contribution in [1.29, 1.82) is 0 Å². The van der Waals surface area contributed by atoms with Gasteiger partial charge in [0, 0.05) is 26.7 Å². The van der Waals surface area contributed by atoms with E-state index in [4.69, 9.17) is 0 Å². The van der Waals surface area contributed by atoms with Gasteiger partial charge in [-0.3, -0.25) is 10.2 Å². The Hall–Kier alpha value is -1.48. The van der Waals surface area contributed by atoms with E-state index in [0.717, 1.165) is 19.3 Å². The summed E-state index contributed by atoms with van der Waals surface area (Å²) in [5.41, 5.74) is 6.71. The van der Waals surface area contributed by atoms with Gasteiger partial charge < -0.3 is 5.32 Å². The van der Waals surface area contributed by atoms with Gasteiger partial charge in [-0.05, 0) is 24.5 Å². The van der Waals surface area contributed by atoms with Crippen molar-refractivity contribution in [3.05, 3.63) is 29.8 Å². The molecule has 0 aromatic heterocycles. The van der Waals surface area contributed by atoms with Crippen molar-refractivity contribution in [2.45, 2.75) is 49.7 Å². The maximum Gasteiger partial charge on any atom is 0.242 e. The van der Waals surface area contributed by atoms with Crippen LogP contribution in [0.4, 0.5) is 0 Å². The number of hydrogen-bond donors (Lipinski definition) is 3. The first kappa shape index (κ1) is 18.9. The van der Waals surface area contributed by atoms with Crippen LogP contribution in [0.15, 0.2) is 29.2 Å². The quantitative estimate of drug-likeness (QED) is 0.667. The van der Waals surface area contributed by atoms with Crippen molar-refractivity contribution in [3.63, 3.8) is 0 Å². The molecular weight excluding hydrogens is 328 g/mol. The predicted octanol–water partition coefficient (Wildman–Crippen LogP) is 0.588. The highest BCUT2D eigenvalue weighted by Gasteiger charge is 2.28. The molecule has 1 aliphatic rings. The zero-order valence-corrected chi connectivity index (χ0v) is 15.2. The summed E-state index contributed by atoms with van der Waals surface area (Å²) in [6, 6.07) is 6.73. The Labute approximate surface area is 143 Å². The fraction of sp³-hybridized carbons (Fsp3) is 0.562. The van der Waals surface area contributed by atoms with Crippen LogP contribution in [0.25, 0.3) is 0 Å². The Kier molecular flexibility index (Phi) is 6.34. The van der Waals surface area contributed by atoms with Crippen LogP contribution in [0, 0.1) is 0 Å². The van der Waals surface area contributed by atoms with Crippen LogP contribution in [-0.4, -0.2) is 44.8 Å². The topological polar surface area (TPSA) is 90.5 Å². The van der Waals surface area contributed by atoms with Gasteiger partial charge in [0.2, 0.25) is 15.9 Å². The average Bonchev–Trinajstić information content (AvgIpc) is 3.02. The number of carbonyl (C=O) groups excluding carboxylic acids is 1. The van der Waals surface area contributed by atoms with E-state index < -0.39 is 10.0 Å². The van der Waals surface area contributed by atoms with Crippen LogP contribution < -0.4 is 16.2 Å². The highest BCUT2D eigenvalue weighted by Crippen LogP contribution is 2.18. The molecule has 1 aromatic carbocycles. The van der Waals surface area contributed by atoms with Gasteiger partial charge >= 0.3 is 0 Å². The van der Waals surface area contributed by atoms with E-state index in [9.17, 15) is 13.2 Å². The average molecular weight is 354 g/mol. The first-order valence-corrected chi connectivity index (χ1v) is 9.59. The largest absolute Gasteiger partial charge is 0.351 e. The van der Waals surface area contributed by atoms with Crippen LogP contribution in [-0.2, 0) is 21.4 Å². The second-order valence-corrected chi connectivity index (χ2v) is 8.30. The number of hydrazine groups is 1. The van der Waals surface area contributed by atoms with Gasteiger partial charge in [-0.15, -0.1) is 0 Å². The minimum atomic E-state index is -3.54. The summed E-state index contributed by atoms with van der Waals surface area (Å²) in [5.74, 6) is -0.127. The smallest absolute Gasteiger partial charge is 0.242 e. The lowest BCUT2D eigenvalue weighted by molar-refractivity contribution is -0.123. The lowest BCUT2D eigenvalue weighted by Crippen LogP contribution is -2.43. The number of nitrogens with zero attached hydrogens (tertiary/aromatic N) is 1. The summed E-state index contributed by atoms with van der Waals surface area (Å²) in [4.78, 5) is 12.5. The monoisotopic (exact) mass is 354 g/mol. The number of carbonyl (C=O) groups is 1. The standard InChI is InChI=1S/C16H26N4O3S/c1-4-7-13-10-14(19-18-13)16(21)17-11-12-8-5-6-9-15(12)24(22,23)20(2)3/h5-6,8-9,13-14,18-19H,4,7,10-11H2,1-3H3,(H,17,21). The summed E-state index contributed by atoms with van der Waals surface area (Å²) >= 11 is 0. The fourth-order valence-corrected chi connectivity index (χ4v) is 3.85. The Morgan fingerprint density at radius 3 is 2.67 bits per heavy atom. The first-order chi connectivity index (χ1) is 11.4. The highest BCUT2D eigenvalue weighted by molar-refractivity contribution is 7.89. The number of benzene rings is 1. The molecular formula is C16H26N4O3S. The highest BCUT2D eigenvalue weighted by atomic mass is 32.2. The van der Waals surface area contributed by atoms with Crippen molar-refractivity contribution in [2.75, 3.05) is 14.1 Å². The van der Waals surface area contributed by atoms with Crippen LogP contribution in [0.2, 0.25) is 0 Å². The van der Waals surface area contributed by atoms with Gasteiger partial charge in [-0.1, -0.05) is 31.5 Å². The second kappa shape index (κ2) is 8.06. The van der Waals surface area contributed by atoms with Crippen LogP contribution in [0.3, 0.4) is 0 Å². The maximum atomic E-state index is 12.4. The van der Waals surface area contributed by atoms with Gasteiger partial charge in [0.15, 0.2) is 0 Å². The van der Waals surface area contributed by atoms with Crippen molar-refractivity contribution in [1.82, 2.24) is 20.5 Å². The molecule has 0 saturated carbocycles. The Bertz CT molecular complexity index is 676. The molecule has 0 radical (unpaired) electrons. The number of rotatable bonds is 7. The number of amides is 1. The summed E-state index contributed by atoms with van der Waals surface area (Å²) in [6.45, 7) is 2.29. The van der Waals surface area contributed by atoms with E-state index in [-0.39, 0.29) is 23.4 Å². The summed E-state index contributed by atoms with van der Waals surface area (Å²) in [6.07, 6.45) is 2.81. The molecule has 2 unspecified atom stereocenters. The van der Waals surface area contributed by atoms with Gasteiger partial charge in [0.05, 0.1) is 4.90 Å². The lowest BCUT2D eigenvalue weighted by atomic mass is 10.1. The predicted molar refractivity (Wildman–Crippen MR) is 92.5 cm³/mol. The zero-order valence-electron chi connectivity index (χ0n) is 14.4. The molecule has 1 fully saturated rings. The summed E-state index contributed by atoms with van der Waals surface area (Å²) in [5, 5.41) is 2.83. The molecule has 1 amide bonds. The second-order valence-electron chi connectivity index (χ2n) is 6.18. The molecule has 0 spiro atoms. The molecule has 2 atom stereocenters. The molecule has 134 valence electrons. The maximum absolute atomic E-state index is 12.4. The molecule has 3 N–H and O–H groups in total. The van der Waals surface area contributed by atoms with E-state index in [2.05, 4.69) is 23.1 Å². The van der Waals surface area contributed by atoms with E-state index in [0.29, 0.717) is 11.6 Å². The third kappa shape index (κ3) is 4.32. The van der Waals surface area contributed by atoms with Crippen molar-refractivity contribution in [3.8, 4) is 0 Å². The molecule has 0 aliphatic carbocycles. The summed E-state index contributed by atoms with van der Waals surface area (Å²) < 4.78 is 25.9. The van der Waals surface area contributed by atoms with Gasteiger partial charge in [-0.2, -0.15) is 0 Å². The van der Waals surface area contributed by atoms with Gasteiger partial charge in [0.25, 0.3) is 0 Å². The minimum absolute atomic E-state index is 0.127. The molecule has 24 heavy (non-hydrogen) atoms. The molecule has 8 heteroatoms. The third-order valence-electron chi connectivity index (χ3n) is 4.12. The van der Waals surface area contributed by atoms with E-state index in [1.807, 2.05) is 0 Å². The van der Waals surface area contributed by atoms with Crippen LogP contribution in [0.1, 0.15) is 31.7 Å². The van der Waals surface area contributed by atoms with Crippen molar-refractivity contribution < 1.29 is 13.2 Å². The Balaban J connectivity index is 2.02. The molecule has 2 rings (SSSR count). The zero-order chi connectivity index (χ0) is 17.7. The molecule has 1 aliphatic heterocycles. The fourth-order valence-electron chi connectivity index (χ4n) is 2.74. The lowest BCUT2D eigenvalue weighted by Gasteiger charge is -2.16. The van der Waals surface area contributed by atoms with E-state index >= 15 is 0 Å².